The number of hydrogen-bond donors (Lipinski definition) is 0. The molecule has 0 heterocycles. The Kier molecular flexibility index (Phi) is 2.41. The molecule has 0 saturated carbocycles. The quantitative estimate of drug-likeness (QED) is 0.616. The molecule has 0 amide bonds. The molecule has 0 bridgehead atoms. The third-order valence-corrected chi connectivity index (χ3v) is 3.26. The van der Waals surface area contributed by atoms with Gasteiger partial charge < -0.3 is 0 Å². The van der Waals surface area contributed by atoms with E-state index in [-0.39, 0.29) is 5.78 Å². The zero-order chi connectivity index (χ0) is 9.35. The molecule has 0 spiro atoms. The molecule has 0 aromatic carbocycles. The van der Waals surface area contributed by atoms with Crippen LogP contribution in [0.25, 0.3) is 0 Å². The van der Waals surface area contributed by atoms with Crippen LogP contribution in [0.1, 0.15) is 40.5 Å². The highest BCUT2D eigenvalue weighted by Crippen LogP contribution is 2.43. The van der Waals surface area contributed by atoms with Gasteiger partial charge in [0.25, 0.3) is 0 Å². The van der Waals surface area contributed by atoms with Gasteiger partial charge in [-0.05, 0) is 36.7 Å². The summed E-state index contributed by atoms with van der Waals surface area (Å²) in [6.45, 7) is 8.40. The topological polar surface area (TPSA) is 17.1 Å². The number of hydrogen-bond acceptors (Lipinski definition) is 1. The summed E-state index contributed by atoms with van der Waals surface area (Å²) >= 11 is 0. The second kappa shape index (κ2) is 3.04. The van der Waals surface area contributed by atoms with Crippen LogP contribution in [0.15, 0.2) is 11.6 Å². The van der Waals surface area contributed by atoms with Gasteiger partial charge in [0.2, 0.25) is 0 Å². The van der Waals surface area contributed by atoms with Gasteiger partial charge in [-0.15, -0.1) is 0 Å². The second-order valence-corrected chi connectivity index (χ2v) is 4.48. The molecule has 1 aliphatic carbocycles. The number of Topliss-reactive ketones (excluding diaryl/α,β-unsaturated/α-hetero) is 1. The highest BCUT2D eigenvalue weighted by atomic mass is 16.1. The van der Waals surface area contributed by atoms with Crippen molar-refractivity contribution in [2.45, 2.75) is 40.5 Å². The van der Waals surface area contributed by atoms with Crippen molar-refractivity contribution in [3.8, 4) is 0 Å². The minimum Gasteiger partial charge on any atom is -0.295 e. The second-order valence-electron chi connectivity index (χ2n) is 4.48. The van der Waals surface area contributed by atoms with E-state index in [0.717, 1.165) is 18.4 Å². The standard InChI is InChI=1S/C11H18O/c1-8(2)11(4)6-5-10(7-11)9(3)12/h5,8H,6-7H2,1-4H3. The smallest absolute Gasteiger partial charge is 0.155 e. The summed E-state index contributed by atoms with van der Waals surface area (Å²) < 4.78 is 0. The lowest BCUT2D eigenvalue weighted by molar-refractivity contribution is -0.113. The van der Waals surface area contributed by atoms with Crippen molar-refractivity contribution in [2.24, 2.45) is 11.3 Å². The molecule has 0 fully saturated rings. The molecule has 1 atom stereocenters. The molecular formula is C11H18O. The van der Waals surface area contributed by atoms with Gasteiger partial charge in [0.05, 0.1) is 0 Å². The Hall–Kier alpha value is -0.590. The van der Waals surface area contributed by atoms with Crippen LogP contribution in [0.3, 0.4) is 0 Å². The van der Waals surface area contributed by atoms with Gasteiger partial charge in [-0.3, -0.25) is 4.79 Å². The fraction of sp³-hybridized carbons (Fsp3) is 0.727. The molecule has 68 valence electrons. The van der Waals surface area contributed by atoms with Gasteiger partial charge >= 0.3 is 0 Å². The third-order valence-electron chi connectivity index (χ3n) is 3.26. The maximum atomic E-state index is 11.1. The minimum atomic E-state index is 0.249. The summed E-state index contributed by atoms with van der Waals surface area (Å²) in [7, 11) is 0. The summed E-state index contributed by atoms with van der Waals surface area (Å²) in [5, 5.41) is 0. The molecule has 1 unspecified atom stereocenters. The van der Waals surface area contributed by atoms with Crippen LogP contribution in [0, 0.1) is 11.3 Å². The maximum absolute atomic E-state index is 11.1. The number of allylic oxidation sites excluding steroid dienone is 2. The van der Waals surface area contributed by atoms with Crippen LogP contribution in [0.4, 0.5) is 0 Å². The van der Waals surface area contributed by atoms with Crippen LogP contribution in [-0.2, 0) is 4.79 Å². The van der Waals surface area contributed by atoms with Crippen LogP contribution in [-0.4, -0.2) is 5.78 Å². The van der Waals surface area contributed by atoms with Gasteiger partial charge in [0, 0.05) is 0 Å². The molecule has 0 saturated heterocycles. The molecule has 0 aromatic rings. The average molecular weight is 166 g/mol. The Labute approximate surface area is 74.9 Å². The molecule has 12 heavy (non-hydrogen) atoms. The first-order valence-electron chi connectivity index (χ1n) is 4.66. The van der Waals surface area contributed by atoms with Gasteiger partial charge in [-0.25, -0.2) is 0 Å². The van der Waals surface area contributed by atoms with E-state index in [9.17, 15) is 4.79 Å². The minimum absolute atomic E-state index is 0.249. The van der Waals surface area contributed by atoms with Crippen molar-refractivity contribution < 1.29 is 4.79 Å². The SMILES string of the molecule is CC(=O)C1=CCC(C)(C(C)C)C1. The lowest BCUT2D eigenvalue weighted by Gasteiger charge is -2.28. The molecule has 0 radical (unpaired) electrons. The monoisotopic (exact) mass is 166 g/mol. The Morgan fingerprint density at radius 2 is 2.17 bits per heavy atom. The van der Waals surface area contributed by atoms with E-state index in [0.29, 0.717) is 11.3 Å². The van der Waals surface area contributed by atoms with Gasteiger partial charge in [0.1, 0.15) is 0 Å². The van der Waals surface area contributed by atoms with Crippen LogP contribution in [0.5, 0.6) is 0 Å². The Bertz CT molecular complexity index is 225. The van der Waals surface area contributed by atoms with Crippen molar-refractivity contribution in [3.05, 3.63) is 11.6 Å². The average Bonchev–Trinajstić information content (AvgIpc) is 2.33. The first-order valence-corrected chi connectivity index (χ1v) is 4.66. The summed E-state index contributed by atoms with van der Waals surface area (Å²) in [5.41, 5.74) is 1.37. The summed E-state index contributed by atoms with van der Waals surface area (Å²) in [6.07, 6.45) is 4.15. The van der Waals surface area contributed by atoms with E-state index >= 15 is 0 Å². The summed E-state index contributed by atoms with van der Waals surface area (Å²) in [4.78, 5) is 11.1. The zero-order valence-electron chi connectivity index (χ0n) is 8.48. The highest BCUT2D eigenvalue weighted by Gasteiger charge is 2.33. The third kappa shape index (κ3) is 1.60. The maximum Gasteiger partial charge on any atom is 0.155 e. The largest absolute Gasteiger partial charge is 0.295 e. The Morgan fingerprint density at radius 1 is 1.58 bits per heavy atom. The lowest BCUT2D eigenvalue weighted by atomic mass is 9.76. The van der Waals surface area contributed by atoms with Crippen molar-refractivity contribution in [1.82, 2.24) is 0 Å². The van der Waals surface area contributed by atoms with Crippen molar-refractivity contribution >= 4 is 5.78 Å². The molecule has 1 nitrogen and oxygen atoms in total. The lowest BCUT2D eigenvalue weighted by Crippen LogP contribution is -2.20. The number of ketones is 1. The molecular weight excluding hydrogens is 148 g/mol. The fourth-order valence-electron chi connectivity index (χ4n) is 1.64. The first kappa shape index (κ1) is 9.50. The number of rotatable bonds is 2. The van der Waals surface area contributed by atoms with Gasteiger partial charge in [-0.1, -0.05) is 26.8 Å². The Balaban J connectivity index is 2.68. The van der Waals surface area contributed by atoms with Gasteiger partial charge in [-0.2, -0.15) is 0 Å². The summed E-state index contributed by atoms with van der Waals surface area (Å²) in [5.74, 6) is 0.907. The number of carbonyl (C=O) groups excluding carboxylic acids is 1. The fourth-order valence-corrected chi connectivity index (χ4v) is 1.64. The van der Waals surface area contributed by atoms with E-state index in [2.05, 4.69) is 26.8 Å². The predicted molar refractivity (Wildman–Crippen MR) is 50.9 cm³/mol. The van der Waals surface area contributed by atoms with Gasteiger partial charge in [0.15, 0.2) is 5.78 Å². The molecule has 1 aliphatic rings. The zero-order valence-corrected chi connectivity index (χ0v) is 8.48. The van der Waals surface area contributed by atoms with E-state index in [1.807, 2.05) is 0 Å². The number of carbonyl (C=O) groups is 1. The van der Waals surface area contributed by atoms with Crippen LogP contribution in [0.2, 0.25) is 0 Å². The van der Waals surface area contributed by atoms with Crippen LogP contribution < -0.4 is 0 Å². The van der Waals surface area contributed by atoms with E-state index in [4.69, 9.17) is 0 Å². The van der Waals surface area contributed by atoms with Crippen molar-refractivity contribution in [3.63, 3.8) is 0 Å². The molecule has 1 rings (SSSR count). The highest BCUT2D eigenvalue weighted by molar-refractivity contribution is 5.93. The van der Waals surface area contributed by atoms with E-state index in [1.165, 1.54) is 0 Å². The van der Waals surface area contributed by atoms with E-state index in [1.54, 1.807) is 6.92 Å². The van der Waals surface area contributed by atoms with E-state index < -0.39 is 0 Å². The van der Waals surface area contributed by atoms with Crippen molar-refractivity contribution in [2.75, 3.05) is 0 Å². The molecule has 0 aromatic heterocycles. The molecule has 0 N–H and O–H groups in total. The van der Waals surface area contributed by atoms with Crippen LogP contribution >= 0.6 is 0 Å². The van der Waals surface area contributed by atoms with Crippen molar-refractivity contribution in [1.29, 1.82) is 0 Å². The Morgan fingerprint density at radius 3 is 2.42 bits per heavy atom. The normalized spacial score (nSPS) is 29.2. The first-order chi connectivity index (χ1) is 5.46. The molecule has 1 heteroatoms. The molecule has 0 aliphatic heterocycles. The predicted octanol–water partition coefficient (Wildman–Crippen LogP) is 2.96. The summed E-state index contributed by atoms with van der Waals surface area (Å²) in [6, 6.07) is 0.